The quantitative estimate of drug-likeness (QED) is 0.814. The van der Waals surface area contributed by atoms with Crippen molar-refractivity contribution in [2.75, 3.05) is 19.9 Å². The Hall–Kier alpha value is -0.910. The highest BCUT2D eigenvalue weighted by atomic mass is 16.7. The van der Waals surface area contributed by atoms with Gasteiger partial charge in [0.1, 0.15) is 12.6 Å². The van der Waals surface area contributed by atoms with Crippen molar-refractivity contribution in [1.82, 2.24) is 10.3 Å². The lowest BCUT2D eigenvalue weighted by molar-refractivity contribution is -0.137. The van der Waals surface area contributed by atoms with Gasteiger partial charge in [0.2, 0.25) is 5.89 Å². The number of ether oxygens (including phenoxy) is 2. The summed E-state index contributed by atoms with van der Waals surface area (Å²) in [6.07, 6.45) is 3.85. The van der Waals surface area contributed by atoms with Crippen LogP contribution in [0, 0.1) is 0 Å². The van der Waals surface area contributed by atoms with Gasteiger partial charge in [-0.3, -0.25) is 0 Å². The van der Waals surface area contributed by atoms with Gasteiger partial charge in [-0.1, -0.05) is 6.92 Å². The van der Waals surface area contributed by atoms with E-state index in [0.29, 0.717) is 13.3 Å². The molecule has 5 nitrogen and oxygen atoms in total. The van der Waals surface area contributed by atoms with Crippen molar-refractivity contribution < 1.29 is 13.9 Å². The Labute approximate surface area is 95.1 Å². The number of rotatable bonds is 5. The zero-order chi connectivity index (χ0) is 11.2. The van der Waals surface area contributed by atoms with Gasteiger partial charge < -0.3 is 19.2 Å². The first-order chi connectivity index (χ1) is 7.88. The number of hydrogen-bond acceptors (Lipinski definition) is 5. The number of aromatic nitrogens is 1. The summed E-state index contributed by atoms with van der Waals surface area (Å²) in [6.45, 7) is 4.71. The molecule has 0 aromatic carbocycles. The van der Waals surface area contributed by atoms with Gasteiger partial charge in [-0.05, 0) is 6.42 Å². The lowest BCUT2D eigenvalue weighted by Gasteiger charge is -2.22. The van der Waals surface area contributed by atoms with Crippen LogP contribution >= 0.6 is 0 Å². The lowest BCUT2D eigenvalue weighted by Crippen LogP contribution is -2.33. The van der Waals surface area contributed by atoms with Crippen molar-refractivity contribution in [3.05, 3.63) is 17.8 Å². The number of nitrogens with one attached hydrogen (secondary N) is 1. The van der Waals surface area contributed by atoms with Crippen LogP contribution in [0.3, 0.4) is 0 Å². The van der Waals surface area contributed by atoms with Gasteiger partial charge in [0.15, 0.2) is 0 Å². The third-order valence-corrected chi connectivity index (χ3v) is 2.57. The second kappa shape index (κ2) is 5.98. The molecule has 90 valence electrons. The van der Waals surface area contributed by atoms with Gasteiger partial charge in [0, 0.05) is 13.0 Å². The van der Waals surface area contributed by atoms with E-state index in [1.807, 2.05) is 6.92 Å². The van der Waals surface area contributed by atoms with Crippen LogP contribution < -0.4 is 5.32 Å². The standard InChI is InChI=1S/C11H18N2O3/c1-2-9-6-13-11(16-9)7-12-5-10-3-4-14-8-15-10/h6,10,12H,2-5,7-8H2,1H3. The van der Waals surface area contributed by atoms with E-state index in [1.54, 1.807) is 6.20 Å². The molecular formula is C11H18N2O3. The highest BCUT2D eigenvalue weighted by molar-refractivity contribution is 4.93. The molecule has 1 fully saturated rings. The fraction of sp³-hybridized carbons (Fsp3) is 0.727. The van der Waals surface area contributed by atoms with E-state index in [0.717, 1.165) is 37.6 Å². The molecule has 5 heteroatoms. The van der Waals surface area contributed by atoms with E-state index in [1.165, 1.54) is 0 Å². The smallest absolute Gasteiger partial charge is 0.208 e. The number of oxazole rings is 1. The Kier molecular flexibility index (Phi) is 4.33. The molecule has 0 bridgehead atoms. The number of aryl methyl sites for hydroxylation is 1. The summed E-state index contributed by atoms with van der Waals surface area (Å²) in [5.41, 5.74) is 0. The van der Waals surface area contributed by atoms with Crippen LogP contribution in [0.2, 0.25) is 0 Å². The average molecular weight is 226 g/mol. The van der Waals surface area contributed by atoms with Crippen molar-refractivity contribution in [2.45, 2.75) is 32.4 Å². The molecule has 0 saturated carbocycles. The summed E-state index contributed by atoms with van der Waals surface area (Å²) in [4.78, 5) is 4.17. The zero-order valence-electron chi connectivity index (χ0n) is 9.57. The molecule has 2 heterocycles. The second-order valence-corrected chi connectivity index (χ2v) is 3.81. The van der Waals surface area contributed by atoms with Crippen molar-refractivity contribution in [3.63, 3.8) is 0 Å². The third kappa shape index (κ3) is 3.30. The van der Waals surface area contributed by atoms with Crippen LogP contribution in [-0.4, -0.2) is 31.0 Å². The fourth-order valence-corrected chi connectivity index (χ4v) is 1.60. The maximum Gasteiger partial charge on any atom is 0.208 e. The van der Waals surface area contributed by atoms with E-state index in [9.17, 15) is 0 Å². The summed E-state index contributed by atoms with van der Waals surface area (Å²) in [5.74, 6) is 1.67. The van der Waals surface area contributed by atoms with Crippen molar-refractivity contribution in [3.8, 4) is 0 Å². The van der Waals surface area contributed by atoms with Gasteiger partial charge >= 0.3 is 0 Å². The summed E-state index contributed by atoms with van der Waals surface area (Å²) in [5, 5.41) is 3.27. The molecular weight excluding hydrogens is 208 g/mol. The Bertz CT molecular complexity index is 308. The van der Waals surface area contributed by atoms with Crippen LogP contribution in [0.1, 0.15) is 25.0 Å². The molecule has 1 saturated heterocycles. The third-order valence-electron chi connectivity index (χ3n) is 2.57. The Balaban J connectivity index is 1.66. The average Bonchev–Trinajstić information content (AvgIpc) is 2.78. The first-order valence-corrected chi connectivity index (χ1v) is 5.72. The summed E-state index contributed by atoms with van der Waals surface area (Å²) in [7, 11) is 0. The fourth-order valence-electron chi connectivity index (χ4n) is 1.60. The van der Waals surface area contributed by atoms with Gasteiger partial charge in [-0.2, -0.15) is 0 Å². The number of nitrogens with zero attached hydrogens (tertiary/aromatic N) is 1. The van der Waals surface area contributed by atoms with Crippen molar-refractivity contribution in [1.29, 1.82) is 0 Å². The van der Waals surface area contributed by atoms with Gasteiger partial charge in [-0.15, -0.1) is 0 Å². The monoisotopic (exact) mass is 226 g/mol. The number of hydrogen-bond donors (Lipinski definition) is 1. The van der Waals surface area contributed by atoms with Crippen LogP contribution in [0.25, 0.3) is 0 Å². The molecule has 16 heavy (non-hydrogen) atoms. The molecule has 1 aliphatic rings. The minimum atomic E-state index is 0.245. The molecule has 1 aliphatic heterocycles. The molecule has 2 rings (SSSR count). The SMILES string of the molecule is CCc1cnc(CNCC2CCOCO2)o1. The zero-order valence-corrected chi connectivity index (χ0v) is 9.57. The van der Waals surface area contributed by atoms with Gasteiger partial charge in [0.05, 0.1) is 25.5 Å². The van der Waals surface area contributed by atoms with Crippen LogP contribution in [0.4, 0.5) is 0 Å². The van der Waals surface area contributed by atoms with Crippen molar-refractivity contribution in [2.24, 2.45) is 0 Å². The van der Waals surface area contributed by atoms with Crippen LogP contribution in [-0.2, 0) is 22.4 Å². The Morgan fingerprint density at radius 2 is 2.50 bits per heavy atom. The molecule has 0 aliphatic carbocycles. The van der Waals surface area contributed by atoms with E-state index >= 15 is 0 Å². The summed E-state index contributed by atoms with van der Waals surface area (Å²) in [6, 6.07) is 0. The van der Waals surface area contributed by atoms with Crippen LogP contribution in [0.15, 0.2) is 10.6 Å². The Morgan fingerprint density at radius 1 is 1.56 bits per heavy atom. The minimum Gasteiger partial charge on any atom is -0.444 e. The van der Waals surface area contributed by atoms with Gasteiger partial charge in [-0.25, -0.2) is 4.98 Å². The molecule has 1 atom stereocenters. The first kappa shape index (κ1) is 11.6. The molecule has 0 radical (unpaired) electrons. The molecule has 0 amide bonds. The Morgan fingerprint density at radius 3 is 3.19 bits per heavy atom. The van der Waals surface area contributed by atoms with Crippen molar-refractivity contribution >= 4 is 0 Å². The van der Waals surface area contributed by atoms with E-state index in [4.69, 9.17) is 13.9 Å². The summed E-state index contributed by atoms with van der Waals surface area (Å²) >= 11 is 0. The summed E-state index contributed by atoms with van der Waals surface area (Å²) < 4.78 is 16.0. The largest absolute Gasteiger partial charge is 0.444 e. The van der Waals surface area contributed by atoms with E-state index in [-0.39, 0.29) is 6.10 Å². The second-order valence-electron chi connectivity index (χ2n) is 3.81. The lowest BCUT2D eigenvalue weighted by atomic mass is 10.2. The topological polar surface area (TPSA) is 56.5 Å². The predicted octanol–water partition coefficient (Wildman–Crippen LogP) is 1.09. The molecule has 1 aromatic heterocycles. The highest BCUT2D eigenvalue weighted by Gasteiger charge is 2.13. The highest BCUT2D eigenvalue weighted by Crippen LogP contribution is 2.06. The first-order valence-electron chi connectivity index (χ1n) is 5.72. The molecule has 0 spiro atoms. The molecule has 1 N–H and O–H groups in total. The van der Waals surface area contributed by atoms with E-state index in [2.05, 4.69) is 10.3 Å². The predicted molar refractivity (Wildman–Crippen MR) is 57.9 cm³/mol. The molecule has 1 aromatic rings. The minimum absolute atomic E-state index is 0.245. The van der Waals surface area contributed by atoms with Crippen LogP contribution in [0.5, 0.6) is 0 Å². The van der Waals surface area contributed by atoms with Gasteiger partial charge in [0.25, 0.3) is 0 Å². The van der Waals surface area contributed by atoms with E-state index < -0.39 is 0 Å². The maximum atomic E-state index is 5.48. The normalized spacial score (nSPS) is 21.2. The maximum absolute atomic E-state index is 5.48. The molecule has 1 unspecified atom stereocenters.